The average molecular weight is 554 g/mol. The van der Waals surface area contributed by atoms with Crippen LogP contribution in [0.5, 0.6) is 11.5 Å². The Morgan fingerprint density at radius 1 is 0.897 bits per heavy atom. The van der Waals surface area contributed by atoms with Crippen LogP contribution in [0.1, 0.15) is 152 Å². The summed E-state index contributed by atoms with van der Waals surface area (Å²) in [6.45, 7) is 27.0. The fourth-order valence-corrected chi connectivity index (χ4v) is 4.01. The van der Waals surface area contributed by atoms with Gasteiger partial charge in [0.2, 0.25) is 12.7 Å². The summed E-state index contributed by atoms with van der Waals surface area (Å²) in [6.07, 6.45) is 10.1. The van der Waals surface area contributed by atoms with E-state index in [0.29, 0.717) is 25.0 Å². The van der Waals surface area contributed by atoms with Gasteiger partial charge in [0.25, 0.3) is 0 Å². The fourth-order valence-electron chi connectivity index (χ4n) is 4.01. The normalized spacial score (nSPS) is 12.3. The summed E-state index contributed by atoms with van der Waals surface area (Å²) < 4.78 is 10.8. The zero-order valence-electron chi connectivity index (χ0n) is 28.1. The predicted octanol–water partition coefficient (Wildman–Crippen LogP) is 10.00. The molecule has 1 heterocycles. The standard InChI is InChI=1S/C16H24O2.C10H21NO.C3H8O.C3H8.C2H6/c1-4-6-12(3)9-13(5-2)14-7-8-15-16(10-14)18-11-17-15;1-4-7-9-11(8-5-2)10(12)6-3;1-3(2)4;1-3-2;1-2/h7-8,10,12-13H,4-6,9,11H2,1-3H3;4-9H2,1-3H3;3-4H,1-2H3;3H2,1-2H3;1-2H3. The first-order valence-electron chi connectivity index (χ1n) is 16.0. The van der Waals surface area contributed by atoms with Gasteiger partial charge in [0.15, 0.2) is 11.5 Å². The van der Waals surface area contributed by atoms with Crippen molar-refractivity contribution in [3.8, 4) is 11.5 Å². The minimum atomic E-state index is -0.167. The van der Waals surface area contributed by atoms with Gasteiger partial charge >= 0.3 is 0 Å². The molecule has 0 bridgehead atoms. The van der Waals surface area contributed by atoms with E-state index in [0.717, 1.165) is 49.8 Å². The number of aliphatic hydroxyl groups is 1. The van der Waals surface area contributed by atoms with Gasteiger partial charge in [-0.25, -0.2) is 0 Å². The number of hydrogen-bond donors (Lipinski definition) is 1. The molecule has 1 N–H and O–H groups in total. The number of rotatable bonds is 12. The molecule has 2 rings (SSSR count). The summed E-state index contributed by atoms with van der Waals surface area (Å²) in [6, 6.07) is 6.40. The van der Waals surface area contributed by atoms with E-state index in [9.17, 15) is 4.79 Å². The molecule has 0 radical (unpaired) electrons. The van der Waals surface area contributed by atoms with Gasteiger partial charge in [-0.3, -0.25) is 4.79 Å². The predicted molar refractivity (Wildman–Crippen MR) is 171 cm³/mol. The SMILES string of the molecule is CC.CC(C)O.CCC.CCCC(C)CC(CC)c1ccc2c(c1)OCO2.CCCCN(CCC)C(=O)CC. The number of carbonyl (C=O) groups is 1. The third-order valence-electron chi connectivity index (χ3n) is 5.76. The van der Waals surface area contributed by atoms with Crippen molar-refractivity contribution in [3.63, 3.8) is 0 Å². The Hall–Kier alpha value is -1.75. The highest BCUT2D eigenvalue weighted by molar-refractivity contribution is 5.75. The summed E-state index contributed by atoms with van der Waals surface area (Å²) in [4.78, 5) is 13.3. The second kappa shape index (κ2) is 29.2. The van der Waals surface area contributed by atoms with E-state index in [1.807, 2.05) is 31.7 Å². The number of carbonyl (C=O) groups excluding carboxylic acids is 1. The second-order valence-corrected chi connectivity index (χ2v) is 10.2. The van der Waals surface area contributed by atoms with Gasteiger partial charge in [0, 0.05) is 25.6 Å². The Kier molecular flexibility index (Phi) is 31.3. The van der Waals surface area contributed by atoms with E-state index in [1.54, 1.807) is 13.8 Å². The van der Waals surface area contributed by atoms with Crippen LogP contribution in [0.25, 0.3) is 0 Å². The Labute approximate surface area is 244 Å². The van der Waals surface area contributed by atoms with Crippen molar-refractivity contribution in [1.82, 2.24) is 4.90 Å². The highest BCUT2D eigenvalue weighted by Gasteiger charge is 2.18. The van der Waals surface area contributed by atoms with E-state index < -0.39 is 0 Å². The maximum absolute atomic E-state index is 11.3. The van der Waals surface area contributed by atoms with E-state index in [-0.39, 0.29) is 6.10 Å². The first kappa shape index (κ1) is 41.7. The van der Waals surface area contributed by atoms with Crippen LogP contribution in [-0.2, 0) is 4.79 Å². The topological polar surface area (TPSA) is 59.0 Å². The maximum Gasteiger partial charge on any atom is 0.231 e. The molecule has 0 spiro atoms. The highest BCUT2D eigenvalue weighted by atomic mass is 16.7. The lowest BCUT2D eigenvalue weighted by atomic mass is 9.86. The van der Waals surface area contributed by atoms with Crippen molar-refractivity contribution in [2.75, 3.05) is 19.9 Å². The van der Waals surface area contributed by atoms with Gasteiger partial charge in [-0.05, 0) is 69.1 Å². The van der Waals surface area contributed by atoms with E-state index in [4.69, 9.17) is 14.6 Å². The van der Waals surface area contributed by atoms with Crippen molar-refractivity contribution in [1.29, 1.82) is 0 Å². The van der Waals surface area contributed by atoms with Crippen LogP contribution in [0.4, 0.5) is 0 Å². The van der Waals surface area contributed by atoms with Gasteiger partial charge < -0.3 is 19.5 Å². The number of hydrogen-bond acceptors (Lipinski definition) is 4. The van der Waals surface area contributed by atoms with Crippen molar-refractivity contribution in [2.24, 2.45) is 5.92 Å². The first-order chi connectivity index (χ1) is 18.6. The van der Waals surface area contributed by atoms with E-state index >= 15 is 0 Å². The molecule has 232 valence electrons. The summed E-state index contributed by atoms with van der Waals surface area (Å²) >= 11 is 0. The number of ether oxygens (including phenoxy) is 2. The number of nitrogens with zero attached hydrogens (tertiary/aromatic N) is 1. The second-order valence-electron chi connectivity index (χ2n) is 10.2. The van der Waals surface area contributed by atoms with Crippen molar-refractivity contribution < 1.29 is 19.4 Å². The molecule has 0 fully saturated rings. The van der Waals surface area contributed by atoms with Crippen LogP contribution < -0.4 is 9.47 Å². The average Bonchev–Trinajstić information content (AvgIpc) is 3.39. The number of amides is 1. The lowest BCUT2D eigenvalue weighted by Crippen LogP contribution is -2.31. The number of fused-ring (bicyclic) bond motifs is 1. The fraction of sp³-hybridized carbons (Fsp3) is 0.794. The molecule has 2 atom stereocenters. The van der Waals surface area contributed by atoms with Crippen LogP contribution in [0.2, 0.25) is 0 Å². The molecule has 1 aliphatic rings. The Morgan fingerprint density at radius 3 is 1.92 bits per heavy atom. The van der Waals surface area contributed by atoms with Gasteiger partial charge in [0.05, 0.1) is 0 Å². The largest absolute Gasteiger partial charge is 0.454 e. The Balaban J connectivity index is -0.000000533. The molecule has 0 aliphatic carbocycles. The molecule has 0 saturated heterocycles. The molecule has 5 heteroatoms. The molecule has 1 aromatic rings. The van der Waals surface area contributed by atoms with Crippen molar-refractivity contribution >= 4 is 5.91 Å². The lowest BCUT2D eigenvalue weighted by molar-refractivity contribution is -0.131. The quantitative estimate of drug-likeness (QED) is 0.280. The van der Waals surface area contributed by atoms with Crippen molar-refractivity contribution in [3.05, 3.63) is 23.8 Å². The van der Waals surface area contributed by atoms with Crippen LogP contribution in [0.3, 0.4) is 0 Å². The van der Waals surface area contributed by atoms with Gasteiger partial charge in [0.1, 0.15) is 0 Å². The smallest absolute Gasteiger partial charge is 0.231 e. The maximum atomic E-state index is 11.3. The molecule has 0 aromatic heterocycles. The van der Waals surface area contributed by atoms with Crippen LogP contribution in [-0.4, -0.2) is 41.9 Å². The van der Waals surface area contributed by atoms with Crippen molar-refractivity contribution in [2.45, 2.75) is 153 Å². The number of benzene rings is 1. The number of unbranched alkanes of at least 4 members (excludes halogenated alkanes) is 1. The molecule has 5 nitrogen and oxygen atoms in total. The minimum Gasteiger partial charge on any atom is -0.454 e. The molecule has 1 amide bonds. The summed E-state index contributed by atoms with van der Waals surface area (Å²) in [5, 5.41) is 8.06. The highest BCUT2D eigenvalue weighted by Crippen LogP contribution is 2.37. The van der Waals surface area contributed by atoms with E-state index in [2.05, 4.69) is 60.6 Å². The Bertz CT molecular complexity index is 660. The van der Waals surface area contributed by atoms with Gasteiger partial charge in [-0.2, -0.15) is 0 Å². The molecule has 0 saturated carbocycles. The summed E-state index contributed by atoms with van der Waals surface area (Å²) in [7, 11) is 0. The molecule has 39 heavy (non-hydrogen) atoms. The third-order valence-corrected chi connectivity index (χ3v) is 5.76. The summed E-state index contributed by atoms with van der Waals surface area (Å²) in [5.74, 6) is 3.53. The molecule has 1 aliphatic heterocycles. The monoisotopic (exact) mass is 554 g/mol. The van der Waals surface area contributed by atoms with Crippen LogP contribution >= 0.6 is 0 Å². The lowest BCUT2D eigenvalue weighted by Gasteiger charge is -2.20. The zero-order chi connectivity index (χ0) is 30.6. The van der Waals surface area contributed by atoms with Gasteiger partial charge in [-0.1, -0.05) is 101 Å². The molecular weight excluding hydrogens is 486 g/mol. The first-order valence-corrected chi connectivity index (χ1v) is 16.0. The minimum absolute atomic E-state index is 0.167. The molecule has 1 aromatic carbocycles. The molecule has 2 unspecified atom stereocenters. The Morgan fingerprint density at radius 2 is 1.46 bits per heavy atom. The van der Waals surface area contributed by atoms with Gasteiger partial charge in [-0.15, -0.1) is 0 Å². The summed E-state index contributed by atoms with van der Waals surface area (Å²) in [5.41, 5.74) is 1.39. The van der Waals surface area contributed by atoms with Crippen LogP contribution in [0, 0.1) is 5.92 Å². The third kappa shape index (κ3) is 22.7. The van der Waals surface area contributed by atoms with Crippen LogP contribution in [0.15, 0.2) is 18.2 Å². The number of aliphatic hydroxyl groups excluding tert-OH is 1. The van der Waals surface area contributed by atoms with E-state index in [1.165, 1.54) is 37.7 Å². The molecular formula is C34H67NO4. The zero-order valence-corrected chi connectivity index (χ0v) is 28.1.